The molecule has 0 saturated heterocycles. The number of rotatable bonds is 4. The van der Waals surface area contributed by atoms with Gasteiger partial charge in [-0.1, -0.05) is 30.3 Å². The molecule has 0 aliphatic heterocycles. The number of hydrogen-bond acceptors (Lipinski definition) is 2. The van der Waals surface area contributed by atoms with Crippen LogP contribution in [0.3, 0.4) is 0 Å². The molecule has 0 spiro atoms. The summed E-state index contributed by atoms with van der Waals surface area (Å²) >= 11 is 0. The monoisotopic (exact) mass is 269 g/mol. The third-order valence-corrected chi connectivity index (χ3v) is 3.07. The van der Waals surface area contributed by atoms with Crippen molar-refractivity contribution in [2.75, 3.05) is 16.8 Å². The van der Waals surface area contributed by atoms with Crippen LogP contribution in [0.25, 0.3) is 0 Å². The van der Waals surface area contributed by atoms with Crippen molar-refractivity contribution in [3.8, 4) is 0 Å². The fourth-order valence-electron chi connectivity index (χ4n) is 1.97. The van der Waals surface area contributed by atoms with Gasteiger partial charge in [-0.2, -0.15) is 0 Å². The summed E-state index contributed by atoms with van der Waals surface area (Å²) in [5.41, 5.74) is 8.27. The Labute approximate surface area is 119 Å². The van der Waals surface area contributed by atoms with Crippen LogP contribution >= 0.6 is 0 Å². The lowest BCUT2D eigenvalue weighted by atomic mass is 10.2. The first-order valence-corrected chi connectivity index (χ1v) is 6.67. The predicted molar refractivity (Wildman–Crippen MR) is 82.8 cm³/mol. The molecule has 0 aliphatic carbocycles. The van der Waals surface area contributed by atoms with Gasteiger partial charge >= 0.3 is 6.03 Å². The number of carbonyl (C=O) groups excluding carboxylic acids is 1. The lowest BCUT2D eigenvalue weighted by Gasteiger charge is -2.21. The highest BCUT2D eigenvalue weighted by atomic mass is 16.2. The number of amides is 2. The molecule has 0 aliphatic rings. The summed E-state index contributed by atoms with van der Waals surface area (Å²) in [4.78, 5) is 14.0. The van der Waals surface area contributed by atoms with E-state index in [0.717, 1.165) is 16.9 Å². The number of nitrogens with zero attached hydrogens (tertiary/aromatic N) is 1. The lowest BCUT2D eigenvalue weighted by Crippen LogP contribution is -2.34. The Kier molecular flexibility index (Phi) is 4.74. The highest BCUT2D eigenvalue weighted by Crippen LogP contribution is 2.17. The lowest BCUT2D eigenvalue weighted by molar-refractivity contribution is 0.257. The molecule has 0 bridgehead atoms. The molecule has 0 radical (unpaired) electrons. The summed E-state index contributed by atoms with van der Waals surface area (Å²) in [6.07, 6.45) is 0. The molecule has 0 aromatic heterocycles. The van der Waals surface area contributed by atoms with Crippen molar-refractivity contribution in [2.45, 2.75) is 13.5 Å². The van der Waals surface area contributed by atoms with Gasteiger partial charge in [0.05, 0.1) is 0 Å². The summed E-state index contributed by atoms with van der Waals surface area (Å²) < 4.78 is 0. The maximum Gasteiger partial charge on any atom is 0.326 e. The highest BCUT2D eigenvalue weighted by molar-refractivity contribution is 6.01. The largest absolute Gasteiger partial charge is 0.326 e. The van der Waals surface area contributed by atoms with E-state index in [1.165, 1.54) is 0 Å². The first kappa shape index (κ1) is 14.1. The molecular weight excluding hydrogens is 250 g/mol. The van der Waals surface area contributed by atoms with Gasteiger partial charge in [0.15, 0.2) is 0 Å². The zero-order chi connectivity index (χ0) is 14.4. The molecule has 0 saturated carbocycles. The smallest absolute Gasteiger partial charge is 0.326 e. The fraction of sp³-hybridized carbons (Fsp3) is 0.188. The van der Waals surface area contributed by atoms with Crippen LogP contribution in [0.2, 0.25) is 0 Å². The second kappa shape index (κ2) is 6.73. The maximum atomic E-state index is 12.3. The second-order valence-corrected chi connectivity index (χ2v) is 4.41. The number of nitrogens with two attached hydrogens (primary N) is 1. The zero-order valence-corrected chi connectivity index (χ0v) is 11.5. The minimum atomic E-state index is -0.140. The third-order valence-electron chi connectivity index (χ3n) is 3.07. The van der Waals surface area contributed by atoms with Gasteiger partial charge in [-0.05, 0) is 36.8 Å². The highest BCUT2D eigenvalue weighted by Gasteiger charge is 2.13. The molecule has 104 valence electrons. The second-order valence-electron chi connectivity index (χ2n) is 4.41. The predicted octanol–water partition coefficient (Wildman–Crippen LogP) is 3.20. The van der Waals surface area contributed by atoms with E-state index in [2.05, 4.69) is 5.32 Å². The van der Waals surface area contributed by atoms with E-state index in [1.54, 1.807) is 4.90 Å². The Bertz CT molecular complexity index is 552. The number of benzene rings is 2. The normalized spacial score (nSPS) is 10.1. The number of nitrogens with one attached hydrogen (secondary N) is 1. The van der Waals surface area contributed by atoms with Crippen molar-refractivity contribution in [1.29, 1.82) is 0 Å². The van der Waals surface area contributed by atoms with E-state index in [-0.39, 0.29) is 6.03 Å². The molecule has 2 aromatic carbocycles. The van der Waals surface area contributed by atoms with E-state index >= 15 is 0 Å². The van der Waals surface area contributed by atoms with Crippen LogP contribution < -0.4 is 16.0 Å². The topological polar surface area (TPSA) is 58.4 Å². The average molecular weight is 269 g/mol. The van der Waals surface area contributed by atoms with Crippen LogP contribution in [-0.4, -0.2) is 12.6 Å². The summed E-state index contributed by atoms with van der Waals surface area (Å²) in [5, 5.41) is 2.88. The number of hydrogen-bond donors (Lipinski definition) is 2. The van der Waals surface area contributed by atoms with Crippen LogP contribution in [0.15, 0.2) is 54.6 Å². The van der Waals surface area contributed by atoms with Crippen LogP contribution in [0.5, 0.6) is 0 Å². The van der Waals surface area contributed by atoms with E-state index in [0.29, 0.717) is 13.1 Å². The molecule has 2 rings (SSSR count). The Balaban J connectivity index is 2.12. The van der Waals surface area contributed by atoms with E-state index in [9.17, 15) is 4.79 Å². The molecule has 20 heavy (non-hydrogen) atoms. The van der Waals surface area contributed by atoms with Gasteiger partial charge in [-0.25, -0.2) is 4.79 Å². The summed E-state index contributed by atoms with van der Waals surface area (Å²) in [7, 11) is 0. The van der Waals surface area contributed by atoms with Gasteiger partial charge in [0.2, 0.25) is 0 Å². The van der Waals surface area contributed by atoms with Gasteiger partial charge in [-0.3, -0.25) is 4.90 Å². The molecule has 0 unspecified atom stereocenters. The standard InChI is InChI=1S/C16H19N3O/c1-2-19(15-10-8-13(12-17)9-11-15)16(20)18-14-6-4-3-5-7-14/h3-11H,2,12,17H2,1H3,(H,18,20). The van der Waals surface area contributed by atoms with Crippen LogP contribution in [0.1, 0.15) is 12.5 Å². The minimum absolute atomic E-state index is 0.140. The molecule has 4 nitrogen and oxygen atoms in total. The first-order chi connectivity index (χ1) is 9.74. The van der Waals surface area contributed by atoms with Gasteiger partial charge in [0, 0.05) is 24.5 Å². The molecule has 2 amide bonds. The van der Waals surface area contributed by atoms with Crippen molar-refractivity contribution >= 4 is 17.4 Å². The average Bonchev–Trinajstić information content (AvgIpc) is 2.49. The van der Waals surface area contributed by atoms with Crippen molar-refractivity contribution in [3.05, 3.63) is 60.2 Å². The molecule has 0 fully saturated rings. The Morgan fingerprint density at radius 1 is 1.10 bits per heavy atom. The Hall–Kier alpha value is -2.33. The van der Waals surface area contributed by atoms with Crippen molar-refractivity contribution < 1.29 is 4.79 Å². The molecule has 0 heterocycles. The molecule has 0 atom stereocenters. The maximum absolute atomic E-state index is 12.3. The van der Waals surface area contributed by atoms with Crippen LogP contribution in [-0.2, 0) is 6.54 Å². The van der Waals surface area contributed by atoms with Crippen molar-refractivity contribution in [3.63, 3.8) is 0 Å². The Morgan fingerprint density at radius 3 is 2.30 bits per heavy atom. The van der Waals surface area contributed by atoms with Gasteiger partial charge in [0.25, 0.3) is 0 Å². The van der Waals surface area contributed by atoms with Crippen molar-refractivity contribution in [2.24, 2.45) is 5.73 Å². The summed E-state index contributed by atoms with van der Waals surface area (Å²) in [5.74, 6) is 0. The molecule has 2 aromatic rings. The zero-order valence-electron chi connectivity index (χ0n) is 11.5. The number of urea groups is 1. The van der Waals surface area contributed by atoms with E-state index in [1.807, 2.05) is 61.5 Å². The SMILES string of the molecule is CCN(C(=O)Nc1ccccc1)c1ccc(CN)cc1. The van der Waals surface area contributed by atoms with Gasteiger partial charge < -0.3 is 11.1 Å². The number of para-hydroxylation sites is 1. The van der Waals surface area contributed by atoms with E-state index < -0.39 is 0 Å². The number of carbonyl (C=O) groups is 1. The third kappa shape index (κ3) is 3.36. The molecule has 4 heteroatoms. The molecule has 3 N–H and O–H groups in total. The first-order valence-electron chi connectivity index (χ1n) is 6.67. The van der Waals surface area contributed by atoms with Crippen LogP contribution in [0, 0.1) is 0 Å². The van der Waals surface area contributed by atoms with Gasteiger partial charge in [0.1, 0.15) is 0 Å². The fourth-order valence-corrected chi connectivity index (χ4v) is 1.97. The Morgan fingerprint density at radius 2 is 1.75 bits per heavy atom. The van der Waals surface area contributed by atoms with Gasteiger partial charge in [-0.15, -0.1) is 0 Å². The van der Waals surface area contributed by atoms with E-state index in [4.69, 9.17) is 5.73 Å². The summed E-state index contributed by atoms with van der Waals surface area (Å²) in [6.45, 7) is 3.05. The quantitative estimate of drug-likeness (QED) is 0.895. The van der Waals surface area contributed by atoms with Crippen molar-refractivity contribution in [1.82, 2.24) is 0 Å². The van der Waals surface area contributed by atoms with Crippen LogP contribution in [0.4, 0.5) is 16.2 Å². The summed E-state index contributed by atoms with van der Waals surface area (Å²) in [6, 6.07) is 17.0. The molecular formula is C16H19N3O. The number of anilines is 2. The minimum Gasteiger partial charge on any atom is -0.326 e.